The van der Waals surface area contributed by atoms with Crippen LogP contribution in [0.4, 0.5) is 0 Å². The van der Waals surface area contributed by atoms with Crippen molar-refractivity contribution in [2.75, 3.05) is 0 Å². The largest absolute Gasteiger partial charge is 0.363 e. The lowest BCUT2D eigenvalue weighted by Crippen LogP contribution is -2.47. The van der Waals surface area contributed by atoms with Crippen molar-refractivity contribution in [3.63, 3.8) is 0 Å². The summed E-state index contributed by atoms with van der Waals surface area (Å²) in [7, 11) is 0. The first-order valence-electron chi connectivity index (χ1n) is 9.06. The molecule has 1 unspecified atom stereocenters. The molecule has 4 aromatic rings. The highest BCUT2D eigenvalue weighted by Crippen LogP contribution is 2.17. The number of aromatic nitrogens is 5. The molecule has 0 spiro atoms. The normalized spacial score (nSPS) is 11.9. The van der Waals surface area contributed by atoms with Crippen LogP contribution in [0.5, 0.6) is 0 Å². The van der Waals surface area contributed by atoms with Crippen LogP contribution in [0.3, 0.4) is 0 Å². The van der Waals surface area contributed by atoms with Gasteiger partial charge in [0.25, 0.3) is 11.8 Å². The molecule has 30 heavy (non-hydrogen) atoms. The van der Waals surface area contributed by atoms with Crippen LogP contribution in [-0.4, -0.2) is 48.6 Å². The van der Waals surface area contributed by atoms with E-state index < -0.39 is 23.6 Å². The smallest absolute Gasteiger partial charge is 0.287 e. The van der Waals surface area contributed by atoms with E-state index in [1.54, 1.807) is 24.4 Å². The number of nitrogens with two attached hydrogens (primary N) is 1. The predicted octanol–water partition coefficient (Wildman–Crippen LogP) is 0.539. The van der Waals surface area contributed by atoms with Gasteiger partial charge in [0.15, 0.2) is 5.82 Å². The van der Waals surface area contributed by atoms with Crippen molar-refractivity contribution in [2.45, 2.75) is 12.5 Å². The fourth-order valence-corrected chi connectivity index (χ4v) is 3.12. The number of amides is 2. The Morgan fingerprint density at radius 3 is 2.63 bits per heavy atom. The molecule has 0 aliphatic carbocycles. The van der Waals surface area contributed by atoms with E-state index in [0.29, 0.717) is 17.0 Å². The van der Waals surface area contributed by atoms with Crippen LogP contribution in [-0.2, 0) is 16.0 Å². The second-order valence-corrected chi connectivity index (χ2v) is 6.49. The van der Waals surface area contributed by atoms with E-state index in [1.807, 2.05) is 24.3 Å². The molecule has 0 radical (unpaired) electrons. The number of carbonyl (C=O) groups excluding carboxylic acids is 3. The van der Waals surface area contributed by atoms with Crippen molar-refractivity contribution in [1.29, 1.82) is 0 Å². The number of aromatic amines is 1. The maximum atomic E-state index is 12.9. The Balaban J connectivity index is 1.62. The third kappa shape index (κ3) is 3.65. The molecule has 0 saturated heterocycles. The van der Waals surface area contributed by atoms with E-state index in [9.17, 15) is 14.4 Å². The van der Waals surface area contributed by atoms with E-state index in [2.05, 4.69) is 25.6 Å². The summed E-state index contributed by atoms with van der Waals surface area (Å²) in [5.74, 6) is -2.21. The number of para-hydroxylation sites is 1. The van der Waals surface area contributed by atoms with Crippen LogP contribution in [0.15, 0.2) is 60.9 Å². The summed E-state index contributed by atoms with van der Waals surface area (Å²) in [4.78, 5) is 41.0. The number of rotatable bonds is 7. The Bertz CT molecular complexity index is 1230. The van der Waals surface area contributed by atoms with E-state index in [4.69, 9.17) is 5.73 Å². The molecule has 150 valence electrons. The average molecular weight is 403 g/mol. The lowest BCUT2D eigenvalue weighted by atomic mass is 10.0. The van der Waals surface area contributed by atoms with Gasteiger partial charge in [0.05, 0.1) is 11.7 Å². The quantitative estimate of drug-likeness (QED) is 0.384. The second kappa shape index (κ2) is 7.95. The number of fused-ring (bicyclic) bond motifs is 1. The zero-order valence-electron chi connectivity index (χ0n) is 15.6. The van der Waals surface area contributed by atoms with Gasteiger partial charge in [-0.15, -0.1) is 0 Å². The predicted molar refractivity (Wildman–Crippen MR) is 107 cm³/mol. The molecule has 2 amide bonds. The molecule has 0 fully saturated rings. The van der Waals surface area contributed by atoms with Crippen LogP contribution in [0.25, 0.3) is 16.7 Å². The van der Waals surface area contributed by atoms with Crippen molar-refractivity contribution in [1.82, 2.24) is 30.3 Å². The molecule has 1 aromatic carbocycles. The van der Waals surface area contributed by atoms with Crippen LogP contribution in [0.2, 0.25) is 0 Å². The van der Waals surface area contributed by atoms with Crippen molar-refractivity contribution in [3.05, 3.63) is 72.3 Å². The number of hydrogen-bond acceptors (Lipinski definition) is 6. The maximum Gasteiger partial charge on any atom is 0.287 e. The van der Waals surface area contributed by atoms with Crippen molar-refractivity contribution in [3.8, 4) is 5.82 Å². The van der Waals surface area contributed by atoms with Crippen molar-refractivity contribution in [2.24, 2.45) is 5.73 Å². The minimum absolute atomic E-state index is 0.0196. The van der Waals surface area contributed by atoms with E-state index in [1.165, 1.54) is 16.9 Å². The summed E-state index contributed by atoms with van der Waals surface area (Å²) in [5.41, 5.74) is 6.67. The molecule has 3 aromatic heterocycles. The van der Waals surface area contributed by atoms with Gasteiger partial charge in [0, 0.05) is 23.7 Å². The summed E-state index contributed by atoms with van der Waals surface area (Å²) in [5, 5.41) is 14.5. The zero-order chi connectivity index (χ0) is 21.1. The van der Waals surface area contributed by atoms with Gasteiger partial charge in [0.1, 0.15) is 11.7 Å². The minimum Gasteiger partial charge on any atom is -0.363 e. The lowest BCUT2D eigenvalue weighted by Gasteiger charge is -2.16. The number of benzene rings is 1. The first-order valence-corrected chi connectivity index (χ1v) is 9.06. The molecule has 0 aliphatic rings. The number of nitrogens with one attached hydrogen (secondary N) is 2. The average Bonchev–Trinajstić information content (AvgIpc) is 3.41. The van der Waals surface area contributed by atoms with Gasteiger partial charge in [-0.3, -0.25) is 19.5 Å². The van der Waals surface area contributed by atoms with Crippen molar-refractivity contribution >= 4 is 28.5 Å². The van der Waals surface area contributed by atoms with Gasteiger partial charge < -0.3 is 11.1 Å². The molecule has 1 atom stereocenters. The third-order valence-corrected chi connectivity index (χ3v) is 4.56. The van der Waals surface area contributed by atoms with Gasteiger partial charge in [0.2, 0.25) is 5.78 Å². The number of carbonyl (C=O) groups is 3. The lowest BCUT2D eigenvalue weighted by molar-refractivity contribution is -0.137. The molecule has 0 saturated carbocycles. The molecule has 0 bridgehead atoms. The zero-order valence-corrected chi connectivity index (χ0v) is 15.6. The highest BCUT2D eigenvalue weighted by molar-refractivity contribution is 6.38. The molecular weight excluding hydrogens is 386 g/mol. The van der Waals surface area contributed by atoms with Crippen LogP contribution in [0, 0.1) is 0 Å². The van der Waals surface area contributed by atoms with Gasteiger partial charge >= 0.3 is 0 Å². The van der Waals surface area contributed by atoms with Gasteiger partial charge in [-0.25, -0.2) is 9.67 Å². The molecule has 4 N–H and O–H groups in total. The molecule has 4 rings (SSSR count). The fraction of sp³-hybridized carbons (Fsp3) is 0.100. The number of H-pyrrole nitrogens is 1. The van der Waals surface area contributed by atoms with E-state index in [-0.39, 0.29) is 12.1 Å². The Morgan fingerprint density at radius 2 is 1.87 bits per heavy atom. The topological polar surface area (TPSA) is 149 Å². The van der Waals surface area contributed by atoms with Gasteiger partial charge in [-0.2, -0.15) is 10.2 Å². The third-order valence-electron chi connectivity index (χ3n) is 4.56. The number of nitrogens with zero attached hydrogens (tertiary/aromatic N) is 4. The van der Waals surface area contributed by atoms with Gasteiger partial charge in [-0.05, 0) is 24.3 Å². The number of hydrogen-bond donors (Lipinski definition) is 3. The number of ketones is 1. The summed E-state index contributed by atoms with van der Waals surface area (Å²) in [6, 6.07) is 12.8. The standard InChI is InChI=1S/C20H17N7O3/c21-19(29)18(28)15(11-14-12-5-1-2-6-13(12)25-26-14)24-20(30)16-8-10-23-27(16)17-7-3-4-9-22-17/h1-10,15H,11H2,(H2,21,29)(H,24,30)(H,25,26). The Hall–Kier alpha value is -4.34. The van der Waals surface area contributed by atoms with Crippen molar-refractivity contribution < 1.29 is 14.4 Å². The van der Waals surface area contributed by atoms with E-state index in [0.717, 1.165) is 5.39 Å². The summed E-state index contributed by atoms with van der Waals surface area (Å²) in [6.07, 6.45) is 3.03. The maximum absolute atomic E-state index is 12.9. The molecule has 10 nitrogen and oxygen atoms in total. The highest BCUT2D eigenvalue weighted by atomic mass is 16.2. The Kier molecular flexibility index (Phi) is 5.04. The van der Waals surface area contributed by atoms with Crippen LogP contribution in [0.1, 0.15) is 16.2 Å². The Labute approximate surface area is 170 Å². The first kappa shape index (κ1) is 19.0. The summed E-state index contributed by atoms with van der Waals surface area (Å²) < 4.78 is 1.34. The monoisotopic (exact) mass is 403 g/mol. The van der Waals surface area contributed by atoms with Crippen LogP contribution < -0.4 is 11.1 Å². The van der Waals surface area contributed by atoms with Crippen LogP contribution >= 0.6 is 0 Å². The van der Waals surface area contributed by atoms with E-state index >= 15 is 0 Å². The molecule has 3 heterocycles. The first-order chi connectivity index (χ1) is 14.5. The Morgan fingerprint density at radius 1 is 1.07 bits per heavy atom. The summed E-state index contributed by atoms with van der Waals surface area (Å²) in [6.45, 7) is 0. The molecule has 0 aliphatic heterocycles. The highest BCUT2D eigenvalue weighted by Gasteiger charge is 2.28. The molecular formula is C20H17N7O3. The van der Waals surface area contributed by atoms with Gasteiger partial charge in [-0.1, -0.05) is 24.3 Å². The molecule has 10 heteroatoms. The minimum atomic E-state index is -1.18. The number of primary amides is 1. The number of Topliss-reactive ketones (excluding diaryl/α,β-unsaturated/α-hetero) is 1. The summed E-state index contributed by atoms with van der Waals surface area (Å²) >= 11 is 0. The fourth-order valence-electron chi connectivity index (χ4n) is 3.12. The second-order valence-electron chi connectivity index (χ2n) is 6.49. The number of pyridine rings is 1. The SMILES string of the molecule is NC(=O)C(=O)C(Cc1[nH]nc2ccccc12)NC(=O)c1ccnn1-c1ccccn1.